The molecule has 128 valence electrons. The predicted octanol–water partition coefficient (Wildman–Crippen LogP) is 3.32. The van der Waals surface area contributed by atoms with Gasteiger partial charge in [0.05, 0.1) is 0 Å². The normalized spacial score (nSPS) is 28.0. The Morgan fingerprint density at radius 1 is 1.35 bits per heavy atom. The fourth-order valence-corrected chi connectivity index (χ4v) is 4.08. The first-order valence-corrected chi connectivity index (χ1v) is 8.53. The van der Waals surface area contributed by atoms with Gasteiger partial charge in [0.15, 0.2) is 0 Å². The molecule has 2 amide bonds. The average Bonchev–Trinajstić information content (AvgIpc) is 2.55. The van der Waals surface area contributed by atoms with E-state index in [1.165, 1.54) is 5.56 Å². The van der Waals surface area contributed by atoms with E-state index >= 15 is 0 Å². The van der Waals surface area contributed by atoms with Gasteiger partial charge in [-0.05, 0) is 49.8 Å². The molecule has 1 aliphatic carbocycles. The van der Waals surface area contributed by atoms with Gasteiger partial charge in [-0.2, -0.15) is 0 Å². The number of nitrogens with zero attached hydrogens (tertiary/aromatic N) is 1. The molecule has 0 spiro atoms. The van der Waals surface area contributed by atoms with Crippen LogP contribution in [0.15, 0.2) is 24.3 Å². The lowest BCUT2D eigenvalue weighted by atomic mass is 9.68. The lowest BCUT2D eigenvalue weighted by Crippen LogP contribution is -2.53. The average molecular weight is 358 g/mol. The van der Waals surface area contributed by atoms with Crippen molar-refractivity contribution in [3.05, 3.63) is 34.9 Å². The first kappa shape index (κ1) is 18.4. The van der Waals surface area contributed by atoms with Crippen molar-refractivity contribution in [1.82, 2.24) is 10.2 Å². The van der Waals surface area contributed by atoms with Crippen LogP contribution < -0.4 is 11.1 Å². The topological polar surface area (TPSA) is 58.4 Å². The van der Waals surface area contributed by atoms with Crippen LogP contribution in [0.1, 0.15) is 37.7 Å². The standard InChI is InChI=1S/C17H24ClN3O.ClH/c18-14-4-1-3-13(11-14)17(12-19)7-5-15(6-8-17)21-10-2-9-20-16(21)22;/h1,3-4,11,15H,2,5-10,12,19H2,(H,20,22);1H/t15-,17+;. The molecule has 1 heterocycles. The van der Waals surface area contributed by atoms with Crippen LogP contribution in [0.3, 0.4) is 0 Å². The van der Waals surface area contributed by atoms with E-state index in [2.05, 4.69) is 11.4 Å². The van der Waals surface area contributed by atoms with Gasteiger partial charge in [0, 0.05) is 36.1 Å². The number of hydrogen-bond donors (Lipinski definition) is 2. The van der Waals surface area contributed by atoms with Crippen molar-refractivity contribution in [3.8, 4) is 0 Å². The van der Waals surface area contributed by atoms with Crippen LogP contribution >= 0.6 is 24.0 Å². The summed E-state index contributed by atoms with van der Waals surface area (Å²) in [6.07, 6.45) is 5.09. The Morgan fingerprint density at radius 2 is 2.09 bits per heavy atom. The number of amides is 2. The summed E-state index contributed by atoms with van der Waals surface area (Å²) in [6.45, 7) is 2.31. The Morgan fingerprint density at radius 3 is 2.70 bits per heavy atom. The minimum atomic E-state index is 0. The minimum Gasteiger partial charge on any atom is -0.338 e. The lowest BCUT2D eigenvalue weighted by Gasteiger charge is -2.44. The molecule has 1 aliphatic heterocycles. The van der Waals surface area contributed by atoms with Gasteiger partial charge in [0.1, 0.15) is 0 Å². The highest BCUT2D eigenvalue weighted by Crippen LogP contribution is 2.41. The summed E-state index contributed by atoms with van der Waals surface area (Å²) < 4.78 is 0. The third kappa shape index (κ3) is 3.76. The first-order valence-electron chi connectivity index (χ1n) is 8.15. The zero-order valence-electron chi connectivity index (χ0n) is 13.3. The largest absolute Gasteiger partial charge is 0.338 e. The van der Waals surface area contributed by atoms with Gasteiger partial charge in [-0.25, -0.2) is 4.79 Å². The number of nitrogens with two attached hydrogens (primary N) is 1. The second-order valence-corrected chi connectivity index (χ2v) is 6.94. The molecule has 3 N–H and O–H groups in total. The second-order valence-electron chi connectivity index (χ2n) is 6.50. The summed E-state index contributed by atoms with van der Waals surface area (Å²) in [5, 5.41) is 3.71. The predicted molar refractivity (Wildman–Crippen MR) is 96.4 cm³/mol. The molecule has 2 fully saturated rings. The van der Waals surface area contributed by atoms with Crippen LogP contribution in [0, 0.1) is 0 Å². The van der Waals surface area contributed by atoms with Crippen LogP contribution in [-0.2, 0) is 5.41 Å². The van der Waals surface area contributed by atoms with E-state index in [4.69, 9.17) is 17.3 Å². The van der Waals surface area contributed by atoms with Gasteiger partial charge in [0.25, 0.3) is 0 Å². The maximum atomic E-state index is 12.0. The van der Waals surface area contributed by atoms with E-state index in [1.807, 2.05) is 23.1 Å². The van der Waals surface area contributed by atoms with E-state index in [1.54, 1.807) is 0 Å². The number of nitrogens with one attached hydrogen (secondary N) is 1. The molecule has 6 heteroatoms. The molecule has 0 radical (unpaired) electrons. The molecule has 0 bridgehead atoms. The Bertz CT molecular complexity index is 544. The zero-order chi connectivity index (χ0) is 15.6. The fourth-order valence-electron chi connectivity index (χ4n) is 3.89. The van der Waals surface area contributed by atoms with Crippen molar-refractivity contribution in [2.75, 3.05) is 19.6 Å². The zero-order valence-corrected chi connectivity index (χ0v) is 14.8. The van der Waals surface area contributed by atoms with E-state index in [0.717, 1.165) is 50.2 Å². The molecular formula is C17H25Cl2N3O. The molecule has 23 heavy (non-hydrogen) atoms. The monoisotopic (exact) mass is 357 g/mol. The van der Waals surface area contributed by atoms with Gasteiger partial charge >= 0.3 is 6.03 Å². The number of carbonyl (C=O) groups is 1. The van der Waals surface area contributed by atoms with Crippen LogP contribution in [-0.4, -0.2) is 36.6 Å². The molecular weight excluding hydrogens is 333 g/mol. The highest BCUT2D eigenvalue weighted by Gasteiger charge is 2.38. The van der Waals surface area contributed by atoms with Gasteiger partial charge < -0.3 is 16.0 Å². The number of halogens is 2. The van der Waals surface area contributed by atoms with E-state index in [9.17, 15) is 4.79 Å². The van der Waals surface area contributed by atoms with Crippen LogP contribution in [0.4, 0.5) is 4.79 Å². The van der Waals surface area contributed by atoms with Crippen molar-refractivity contribution >= 4 is 30.0 Å². The third-order valence-electron chi connectivity index (χ3n) is 5.29. The maximum absolute atomic E-state index is 12.0. The van der Waals surface area contributed by atoms with Crippen molar-refractivity contribution < 1.29 is 4.79 Å². The molecule has 4 nitrogen and oxygen atoms in total. The molecule has 0 atom stereocenters. The molecule has 3 rings (SSSR count). The Kier molecular flexibility index (Phi) is 6.18. The summed E-state index contributed by atoms with van der Waals surface area (Å²) in [5.41, 5.74) is 7.38. The van der Waals surface area contributed by atoms with Gasteiger partial charge in [-0.3, -0.25) is 0 Å². The quantitative estimate of drug-likeness (QED) is 0.871. The second kappa shape index (κ2) is 7.73. The third-order valence-corrected chi connectivity index (χ3v) is 5.53. The van der Waals surface area contributed by atoms with Crippen molar-refractivity contribution in [3.63, 3.8) is 0 Å². The Balaban J connectivity index is 0.00000192. The van der Waals surface area contributed by atoms with Gasteiger partial charge in [-0.15, -0.1) is 12.4 Å². The van der Waals surface area contributed by atoms with Crippen molar-refractivity contribution in [2.24, 2.45) is 5.73 Å². The SMILES string of the molecule is Cl.NC[C@]1(c2cccc(Cl)c2)CC[C@@H](N2CCCNC2=O)CC1. The number of rotatable bonds is 3. The van der Waals surface area contributed by atoms with Crippen molar-refractivity contribution in [2.45, 2.75) is 43.6 Å². The lowest BCUT2D eigenvalue weighted by molar-refractivity contribution is 0.124. The summed E-state index contributed by atoms with van der Waals surface area (Å²) >= 11 is 6.15. The highest BCUT2D eigenvalue weighted by atomic mass is 35.5. The summed E-state index contributed by atoms with van der Waals surface area (Å²) in [7, 11) is 0. The molecule has 0 aromatic heterocycles. The Labute approximate surface area is 149 Å². The van der Waals surface area contributed by atoms with E-state index in [0.29, 0.717) is 12.6 Å². The summed E-state index contributed by atoms with van der Waals surface area (Å²) in [4.78, 5) is 14.0. The van der Waals surface area contributed by atoms with Gasteiger partial charge in [0.2, 0.25) is 0 Å². The molecule has 1 saturated carbocycles. The number of urea groups is 1. The van der Waals surface area contributed by atoms with E-state index in [-0.39, 0.29) is 23.9 Å². The summed E-state index contributed by atoms with van der Waals surface area (Å²) in [6, 6.07) is 8.52. The number of carbonyl (C=O) groups excluding carboxylic acids is 1. The Hall–Kier alpha value is -0.970. The minimum absolute atomic E-state index is 0. The molecule has 0 unspecified atom stereocenters. The van der Waals surface area contributed by atoms with E-state index < -0.39 is 0 Å². The van der Waals surface area contributed by atoms with Crippen LogP contribution in [0.25, 0.3) is 0 Å². The number of benzene rings is 1. The van der Waals surface area contributed by atoms with Crippen molar-refractivity contribution in [1.29, 1.82) is 0 Å². The number of hydrogen-bond acceptors (Lipinski definition) is 2. The van der Waals surface area contributed by atoms with Crippen LogP contribution in [0.5, 0.6) is 0 Å². The molecule has 1 aromatic rings. The maximum Gasteiger partial charge on any atom is 0.317 e. The molecule has 2 aliphatic rings. The van der Waals surface area contributed by atoms with Gasteiger partial charge in [-0.1, -0.05) is 23.7 Å². The van der Waals surface area contributed by atoms with Crippen LogP contribution in [0.2, 0.25) is 5.02 Å². The summed E-state index contributed by atoms with van der Waals surface area (Å²) in [5.74, 6) is 0. The fraction of sp³-hybridized carbons (Fsp3) is 0.588. The highest BCUT2D eigenvalue weighted by molar-refractivity contribution is 6.30. The smallest absolute Gasteiger partial charge is 0.317 e. The molecule has 1 saturated heterocycles. The first-order chi connectivity index (χ1) is 10.6. The molecule has 1 aromatic carbocycles.